The number of anilines is 1. The molecule has 1 rings (SSSR count). The van der Waals surface area contributed by atoms with Gasteiger partial charge in [-0.3, -0.25) is 4.79 Å². The number of aliphatic hydroxyl groups excluding tert-OH is 1. The van der Waals surface area contributed by atoms with Crippen molar-refractivity contribution in [2.75, 3.05) is 5.32 Å². The van der Waals surface area contributed by atoms with Gasteiger partial charge in [-0.1, -0.05) is 25.5 Å². The molecule has 0 saturated carbocycles. The summed E-state index contributed by atoms with van der Waals surface area (Å²) >= 11 is 0. The van der Waals surface area contributed by atoms with Crippen LogP contribution in [-0.4, -0.2) is 11.0 Å². The molecule has 0 fully saturated rings. The summed E-state index contributed by atoms with van der Waals surface area (Å²) in [4.78, 5) is 11.4. The van der Waals surface area contributed by atoms with E-state index in [1.807, 2.05) is 18.2 Å². The van der Waals surface area contributed by atoms with Gasteiger partial charge < -0.3 is 10.4 Å². The number of carbonyl (C=O) groups is 1. The minimum Gasteiger partial charge on any atom is -0.392 e. The molecule has 82 valence electrons. The zero-order valence-electron chi connectivity index (χ0n) is 8.99. The van der Waals surface area contributed by atoms with Crippen LogP contribution in [0, 0.1) is 0 Å². The Morgan fingerprint density at radius 1 is 1.47 bits per heavy atom. The van der Waals surface area contributed by atoms with Crippen LogP contribution < -0.4 is 5.32 Å². The number of hydrogen-bond donors (Lipinski definition) is 2. The van der Waals surface area contributed by atoms with Crippen molar-refractivity contribution in [1.82, 2.24) is 0 Å². The van der Waals surface area contributed by atoms with E-state index >= 15 is 0 Å². The highest BCUT2D eigenvalue weighted by atomic mass is 16.3. The van der Waals surface area contributed by atoms with Crippen LogP contribution in [0.2, 0.25) is 0 Å². The molecule has 1 amide bonds. The quantitative estimate of drug-likeness (QED) is 0.778. The Morgan fingerprint density at radius 3 is 2.93 bits per heavy atom. The van der Waals surface area contributed by atoms with Crippen molar-refractivity contribution in [1.29, 1.82) is 0 Å². The Bertz CT molecular complexity index is 323. The van der Waals surface area contributed by atoms with E-state index in [2.05, 4.69) is 12.2 Å². The van der Waals surface area contributed by atoms with Crippen LogP contribution in [0.5, 0.6) is 0 Å². The molecule has 0 aliphatic carbocycles. The Labute approximate surface area is 90.1 Å². The summed E-state index contributed by atoms with van der Waals surface area (Å²) in [5.41, 5.74) is 1.56. The second kappa shape index (κ2) is 6.19. The molecular weight excluding hydrogens is 190 g/mol. The number of aliphatic hydroxyl groups is 1. The molecule has 0 atom stereocenters. The summed E-state index contributed by atoms with van der Waals surface area (Å²) in [6.45, 7) is 2.05. The van der Waals surface area contributed by atoms with Crippen LogP contribution in [-0.2, 0) is 11.4 Å². The standard InChI is InChI=1S/C12H17NO2/c1-2-3-7-12(15)13-11-6-4-5-10(8-11)9-14/h4-6,8,14H,2-3,7,9H2,1H3,(H,13,15). The topological polar surface area (TPSA) is 49.3 Å². The van der Waals surface area contributed by atoms with E-state index < -0.39 is 0 Å². The first-order valence-corrected chi connectivity index (χ1v) is 5.26. The number of rotatable bonds is 5. The largest absolute Gasteiger partial charge is 0.392 e. The molecule has 0 bridgehead atoms. The zero-order valence-corrected chi connectivity index (χ0v) is 8.99. The lowest BCUT2D eigenvalue weighted by atomic mass is 10.2. The summed E-state index contributed by atoms with van der Waals surface area (Å²) in [6.07, 6.45) is 2.48. The van der Waals surface area contributed by atoms with Crippen molar-refractivity contribution in [2.45, 2.75) is 32.8 Å². The SMILES string of the molecule is CCCCC(=O)Nc1cccc(CO)c1. The Morgan fingerprint density at radius 2 is 2.27 bits per heavy atom. The summed E-state index contributed by atoms with van der Waals surface area (Å²) < 4.78 is 0. The highest BCUT2D eigenvalue weighted by Gasteiger charge is 2.01. The van der Waals surface area contributed by atoms with Crippen LogP contribution >= 0.6 is 0 Å². The molecule has 1 aromatic carbocycles. The third kappa shape index (κ3) is 4.13. The number of benzene rings is 1. The minimum absolute atomic E-state index is 0.00132. The molecule has 0 aliphatic heterocycles. The molecule has 3 nitrogen and oxygen atoms in total. The molecule has 0 saturated heterocycles. The number of carbonyl (C=O) groups excluding carboxylic acids is 1. The molecule has 3 heteroatoms. The van der Waals surface area contributed by atoms with Gasteiger partial charge in [0.1, 0.15) is 0 Å². The summed E-state index contributed by atoms with van der Waals surface area (Å²) in [7, 11) is 0. The normalized spacial score (nSPS) is 10.0. The Hall–Kier alpha value is -1.35. The maximum absolute atomic E-state index is 11.4. The van der Waals surface area contributed by atoms with E-state index in [1.54, 1.807) is 6.07 Å². The maximum atomic E-state index is 11.4. The molecular formula is C12H17NO2. The molecule has 0 aliphatic rings. The van der Waals surface area contributed by atoms with Gasteiger partial charge in [0.2, 0.25) is 5.91 Å². The summed E-state index contributed by atoms with van der Waals surface area (Å²) in [5.74, 6) is 0.0342. The van der Waals surface area contributed by atoms with Crippen LogP contribution in [0.15, 0.2) is 24.3 Å². The molecule has 0 radical (unpaired) electrons. The van der Waals surface area contributed by atoms with Gasteiger partial charge in [0.15, 0.2) is 0 Å². The first-order chi connectivity index (χ1) is 7.26. The third-order valence-electron chi connectivity index (χ3n) is 2.15. The number of nitrogens with one attached hydrogen (secondary N) is 1. The fraction of sp³-hybridized carbons (Fsp3) is 0.417. The van der Waals surface area contributed by atoms with E-state index in [0.29, 0.717) is 6.42 Å². The number of hydrogen-bond acceptors (Lipinski definition) is 2. The van der Waals surface area contributed by atoms with Crippen molar-refractivity contribution in [3.05, 3.63) is 29.8 Å². The second-order valence-electron chi connectivity index (χ2n) is 3.51. The fourth-order valence-corrected chi connectivity index (χ4v) is 1.31. The average Bonchev–Trinajstić information content (AvgIpc) is 2.26. The smallest absolute Gasteiger partial charge is 0.224 e. The monoisotopic (exact) mass is 207 g/mol. The van der Waals surface area contributed by atoms with Crippen molar-refractivity contribution in [3.63, 3.8) is 0 Å². The van der Waals surface area contributed by atoms with Crippen LogP contribution in [0.1, 0.15) is 31.7 Å². The number of unbranched alkanes of at least 4 members (excludes halogenated alkanes) is 1. The van der Waals surface area contributed by atoms with Gasteiger partial charge in [-0.25, -0.2) is 0 Å². The molecule has 0 heterocycles. The predicted molar refractivity (Wildman–Crippen MR) is 60.5 cm³/mol. The minimum atomic E-state index is -0.00132. The molecule has 0 aromatic heterocycles. The van der Waals surface area contributed by atoms with Crippen molar-refractivity contribution in [3.8, 4) is 0 Å². The highest BCUT2D eigenvalue weighted by molar-refractivity contribution is 5.90. The van der Waals surface area contributed by atoms with Gasteiger partial charge in [-0.15, -0.1) is 0 Å². The lowest BCUT2D eigenvalue weighted by Crippen LogP contribution is -2.10. The van der Waals surface area contributed by atoms with Crippen LogP contribution in [0.3, 0.4) is 0 Å². The molecule has 0 spiro atoms. The van der Waals surface area contributed by atoms with Gasteiger partial charge in [0.25, 0.3) is 0 Å². The van der Waals surface area contributed by atoms with Gasteiger partial charge >= 0.3 is 0 Å². The summed E-state index contributed by atoms with van der Waals surface area (Å²) in [5, 5.41) is 11.7. The second-order valence-corrected chi connectivity index (χ2v) is 3.51. The average molecular weight is 207 g/mol. The van der Waals surface area contributed by atoms with E-state index in [4.69, 9.17) is 5.11 Å². The predicted octanol–water partition coefficient (Wildman–Crippen LogP) is 2.31. The molecule has 1 aromatic rings. The Balaban J connectivity index is 2.52. The zero-order chi connectivity index (χ0) is 11.1. The third-order valence-corrected chi connectivity index (χ3v) is 2.15. The maximum Gasteiger partial charge on any atom is 0.224 e. The van der Waals surface area contributed by atoms with Gasteiger partial charge in [-0.05, 0) is 24.1 Å². The fourth-order valence-electron chi connectivity index (χ4n) is 1.31. The molecule has 15 heavy (non-hydrogen) atoms. The Kier molecular flexibility index (Phi) is 4.84. The van der Waals surface area contributed by atoms with E-state index in [0.717, 1.165) is 24.1 Å². The van der Waals surface area contributed by atoms with Crippen LogP contribution in [0.25, 0.3) is 0 Å². The lowest BCUT2D eigenvalue weighted by molar-refractivity contribution is -0.116. The lowest BCUT2D eigenvalue weighted by Gasteiger charge is -2.05. The van der Waals surface area contributed by atoms with Gasteiger partial charge in [0.05, 0.1) is 6.61 Å². The van der Waals surface area contributed by atoms with E-state index in [1.165, 1.54) is 0 Å². The highest BCUT2D eigenvalue weighted by Crippen LogP contribution is 2.11. The molecule has 0 unspecified atom stereocenters. The van der Waals surface area contributed by atoms with Crippen molar-refractivity contribution >= 4 is 11.6 Å². The first kappa shape index (κ1) is 11.7. The number of amides is 1. The van der Waals surface area contributed by atoms with E-state index in [9.17, 15) is 4.79 Å². The van der Waals surface area contributed by atoms with E-state index in [-0.39, 0.29) is 12.5 Å². The van der Waals surface area contributed by atoms with Gasteiger partial charge in [0, 0.05) is 12.1 Å². The van der Waals surface area contributed by atoms with Crippen molar-refractivity contribution < 1.29 is 9.90 Å². The first-order valence-electron chi connectivity index (χ1n) is 5.26. The van der Waals surface area contributed by atoms with Crippen molar-refractivity contribution in [2.24, 2.45) is 0 Å². The summed E-state index contributed by atoms with van der Waals surface area (Å²) in [6, 6.07) is 7.25. The molecule has 2 N–H and O–H groups in total. The van der Waals surface area contributed by atoms with Crippen LogP contribution in [0.4, 0.5) is 5.69 Å². The van der Waals surface area contributed by atoms with Gasteiger partial charge in [-0.2, -0.15) is 0 Å².